The number of nitrogens with zero attached hydrogens (tertiary/aromatic N) is 4. The van der Waals surface area contributed by atoms with Crippen LogP contribution in [0.25, 0.3) is 32.7 Å². The van der Waals surface area contributed by atoms with Gasteiger partial charge in [-0.05, 0) is 168 Å². The molecule has 0 bridgehead atoms. The van der Waals surface area contributed by atoms with Gasteiger partial charge in [0.05, 0.1) is 23.4 Å². The van der Waals surface area contributed by atoms with Gasteiger partial charge in [-0.3, -0.25) is 24.1 Å². The van der Waals surface area contributed by atoms with E-state index in [1.165, 1.54) is 36.6 Å². The van der Waals surface area contributed by atoms with Gasteiger partial charge < -0.3 is 10.4 Å². The molecule has 1 aliphatic carbocycles. The third-order valence-corrected chi connectivity index (χ3v) is 16.5. The lowest BCUT2D eigenvalue weighted by Crippen LogP contribution is -2.57. The van der Waals surface area contributed by atoms with Crippen molar-refractivity contribution in [1.29, 1.82) is 0 Å². The Kier molecular flexibility index (Phi) is 11.2. The number of hydrogen-bond donors (Lipinski definition) is 2. The first kappa shape index (κ1) is 46.3. The van der Waals surface area contributed by atoms with E-state index in [9.17, 15) is 24.8 Å². The average Bonchev–Trinajstić information content (AvgIpc) is 3.67. The summed E-state index contributed by atoms with van der Waals surface area (Å²) in [6.45, 7) is 29.0. The van der Waals surface area contributed by atoms with E-state index >= 15 is 4.79 Å². The number of likely N-dealkylation sites (tertiary alicyclic amines) is 1. The monoisotopic (exact) mass is 873 g/mol. The van der Waals surface area contributed by atoms with Crippen LogP contribution < -0.4 is 15.3 Å². The Morgan fingerprint density at radius 3 is 1.81 bits per heavy atom. The molecule has 10 heteroatoms. The SMILES string of the molecule is CCC(C)(C)c1ccc2/c(=C3/CC(C)N(O)C(C)(C)C3)c3cc(N4C(=O)C5C(C)C=CC(C6CC(=O)N(C(C)(C)CC)C6=O)C5C4=O)ccc3c(=C3CC(C)(C)N(O)C(C)(C)C3)c2c1. The Morgan fingerprint density at radius 2 is 1.22 bits per heavy atom. The molecular formula is C54H72N4O6. The average molecular weight is 873 g/mol. The van der Waals surface area contributed by atoms with E-state index in [4.69, 9.17) is 0 Å². The summed E-state index contributed by atoms with van der Waals surface area (Å²) >= 11 is 0. The lowest BCUT2D eigenvalue weighted by molar-refractivity contribution is -0.228. The molecule has 2 N–H and O–H groups in total. The van der Waals surface area contributed by atoms with E-state index in [-0.39, 0.29) is 47.4 Å². The Hall–Kier alpha value is -4.22. The lowest BCUT2D eigenvalue weighted by Gasteiger charge is -2.49. The van der Waals surface area contributed by atoms with Gasteiger partial charge in [-0.25, -0.2) is 4.90 Å². The first-order chi connectivity index (χ1) is 29.7. The van der Waals surface area contributed by atoms with Crippen LogP contribution >= 0.6 is 0 Å². The summed E-state index contributed by atoms with van der Waals surface area (Å²) in [7, 11) is 0. The third-order valence-electron chi connectivity index (χ3n) is 16.5. The minimum Gasteiger partial charge on any atom is -0.313 e. The number of hydrogen-bond acceptors (Lipinski definition) is 8. The molecule has 0 radical (unpaired) electrons. The number of benzene rings is 3. The van der Waals surface area contributed by atoms with Crippen LogP contribution in [0.15, 0.2) is 48.6 Å². The van der Waals surface area contributed by atoms with E-state index in [1.807, 2.05) is 52.0 Å². The van der Waals surface area contributed by atoms with Crippen molar-refractivity contribution >= 4 is 62.0 Å². The van der Waals surface area contributed by atoms with Gasteiger partial charge in [-0.15, -0.1) is 0 Å². The van der Waals surface area contributed by atoms with E-state index in [0.29, 0.717) is 37.8 Å². The van der Waals surface area contributed by atoms with Crippen molar-refractivity contribution in [3.05, 3.63) is 64.6 Å². The molecule has 3 aromatic carbocycles. The number of piperidine rings is 2. The fourth-order valence-corrected chi connectivity index (χ4v) is 12.5. The molecule has 4 heterocycles. The van der Waals surface area contributed by atoms with Gasteiger partial charge in [0.1, 0.15) is 0 Å². The summed E-state index contributed by atoms with van der Waals surface area (Å²) in [5.74, 6) is -4.11. The highest BCUT2D eigenvalue weighted by Gasteiger charge is 2.59. The molecule has 0 aromatic heterocycles. The summed E-state index contributed by atoms with van der Waals surface area (Å²) in [5, 5.41) is 32.2. The Labute approximate surface area is 379 Å². The van der Waals surface area contributed by atoms with Gasteiger partial charge in [0.25, 0.3) is 0 Å². The van der Waals surface area contributed by atoms with Crippen LogP contribution in [0.1, 0.15) is 147 Å². The number of carbonyl (C=O) groups excluding carboxylic acids is 4. The molecule has 8 rings (SSSR count). The predicted molar refractivity (Wildman–Crippen MR) is 254 cm³/mol. The quantitative estimate of drug-likeness (QED) is 0.143. The Morgan fingerprint density at radius 1 is 0.656 bits per heavy atom. The van der Waals surface area contributed by atoms with Crippen molar-refractivity contribution in [2.45, 2.75) is 175 Å². The second-order valence-corrected chi connectivity index (χ2v) is 23.3. The zero-order valence-electron chi connectivity index (χ0n) is 40.8. The number of rotatable bonds is 6. The second kappa shape index (κ2) is 15.4. The van der Waals surface area contributed by atoms with Crippen molar-refractivity contribution in [2.24, 2.45) is 29.6 Å². The highest BCUT2D eigenvalue weighted by molar-refractivity contribution is 6.23. The van der Waals surface area contributed by atoms with E-state index in [2.05, 4.69) is 93.5 Å². The largest absolute Gasteiger partial charge is 0.313 e. The fourth-order valence-electron chi connectivity index (χ4n) is 12.5. The van der Waals surface area contributed by atoms with Crippen LogP contribution in [0.4, 0.5) is 5.69 Å². The Balaban J connectivity index is 1.40. The molecule has 10 nitrogen and oxygen atoms in total. The number of anilines is 1. The molecule has 5 aliphatic rings. The molecule has 6 unspecified atom stereocenters. The number of imide groups is 2. The molecule has 0 saturated carbocycles. The summed E-state index contributed by atoms with van der Waals surface area (Å²) in [5.41, 5.74) is 1.75. The molecule has 4 saturated heterocycles. The van der Waals surface area contributed by atoms with Crippen molar-refractivity contribution in [2.75, 3.05) is 4.90 Å². The van der Waals surface area contributed by atoms with Gasteiger partial charge in [-0.1, -0.05) is 76.1 Å². The van der Waals surface area contributed by atoms with Crippen molar-refractivity contribution in [3.63, 3.8) is 0 Å². The first-order valence-electron chi connectivity index (χ1n) is 23.8. The molecule has 64 heavy (non-hydrogen) atoms. The lowest BCUT2D eigenvalue weighted by atomic mass is 9.67. The van der Waals surface area contributed by atoms with Crippen LogP contribution in [0.5, 0.6) is 0 Å². The van der Waals surface area contributed by atoms with Gasteiger partial charge in [0, 0.05) is 40.5 Å². The zero-order valence-corrected chi connectivity index (χ0v) is 40.8. The van der Waals surface area contributed by atoms with Gasteiger partial charge in [0.15, 0.2) is 0 Å². The normalized spacial score (nSPS) is 29.8. The Bertz CT molecular complexity index is 2630. The standard InChI is InChI=1S/C54H72N4O6/c1-15-50(5,6)34-18-21-36-39(24-34)45(33-28-53(11,12)58(64)54(13,14)29-33)37-22-19-35(25-40(37)44(36)32-23-31(4)57(63)52(9,10)27-32)55-48(61)43-30(3)17-20-38(46(43)49(55)62)41-26-42(59)56(47(41)60)51(7,8)16-2/h17-22,24-25,30-31,38,41,43,46,63-64H,15-16,23,26-29H2,1-14H3/b44-32+. The minimum absolute atomic E-state index is 0.0157. The number of carbonyl (C=O) groups is 4. The van der Waals surface area contributed by atoms with Crippen LogP contribution in [-0.4, -0.2) is 77.3 Å². The molecular weight excluding hydrogens is 801 g/mol. The number of fused-ring (bicyclic) bond motifs is 3. The maximum Gasteiger partial charge on any atom is 0.238 e. The summed E-state index contributed by atoms with van der Waals surface area (Å²) < 4.78 is 0. The number of hydroxylamine groups is 4. The fraction of sp³-hybridized carbons (Fsp3) is 0.593. The van der Waals surface area contributed by atoms with Gasteiger partial charge in [0.2, 0.25) is 23.6 Å². The first-order valence-corrected chi connectivity index (χ1v) is 23.8. The predicted octanol–water partition coefficient (Wildman–Crippen LogP) is 9.17. The van der Waals surface area contributed by atoms with Crippen LogP contribution in [-0.2, 0) is 24.6 Å². The maximum absolute atomic E-state index is 15.1. The van der Waals surface area contributed by atoms with Crippen LogP contribution in [0.3, 0.4) is 0 Å². The molecule has 4 aliphatic heterocycles. The number of amides is 4. The van der Waals surface area contributed by atoms with Gasteiger partial charge in [-0.2, -0.15) is 10.1 Å². The zero-order chi connectivity index (χ0) is 47.0. The second-order valence-electron chi connectivity index (χ2n) is 23.3. The maximum atomic E-state index is 15.1. The number of allylic oxidation sites excluding steroid dienone is 2. The van der Waals surface area contributed by atoms with E-state index in [0.717, 1.165) is 38.4 Å². The summed E-state index contributed by atoms with van der Waals surface area (Å²) in [6.07, 6.45) is 7.96. The van der Waals surface area contributed by atoms with E-state index < -0.39 is 45.8 Å². The van der Waals surface area contributed by atoms with Crippen molar-refractivity contribution < 1.29 is 29.6 Å². The molecule has 344 valence electrons. The minimum atomic E-state index is -0.782. The molecule has 0 spiro atoms. The summed E-state index contributed by atoms with van der Waals surface area (Å²) in [4.78, 5) is 60.4. The molecule has 6 atom stereocenters. The summed E-state index contributed by atoms with van der Waals surface area (Å²) in [6, 6.07) is 12.8. The van der Waals surface area contributed by atoms with Crippen molar-refractivity contribution in [1.82, 2.24) is 15.0 Å². The molecule has 4 amide bonds. The topological polar surface area (TPSA) is 122 Å². The highest BCUT2D eigenvalue weighted by atomic mass is 16.5. The van der Waals surface area contributed by atoms with Gasteiger partial charge >= 0.3 is 0 Å². The van der Waals surface area contributed by atoms with E-state index in [1.54, 1.807) is 0 Å². The smallest absolute Gasteiger partial charge is 0.238 e. The van der Waals surface area contributed by atoms with Crippen molar-refractivity contribution in [3.8, 4) is 0 Å². The highest BCUT2D eigenvalue weighted by Crippen LogP contribution is 2.49. The molecule has 3 aromatic rings. The molecule has 4 fully saturated rings. The third kappa shape index (κ3) is 7.12. The van der Waals surface area contributed by atoms with Crippen LogP contribution in [0.2, 0.25) is 0 Å². The van der Waals surface area contributed by atoms with Crippen LogP contribution in [0, 0.1) is 29.6 Å².